The Bertz CT molecular complexity index is 675. The SMILES string of the molecule is CCCCCC(O)CCC1SCC(=O)N1CCCCCCC(=O)OC(C)=CC(=O)NC(C)(C)C. The van der Waals surface area contributed by atoms with Gasteiger partial charge in [0.15, 0.2) is 0 Å². The topological polar surface area (TPSA) is 95.9 Å². The molecule has 0 radical (unpaired) electrons. The number of carbonyl (C=O) groups excluding carboxylic acids is 3. The molecule has 0 saturated carbocycles. The van der Waals surface area contributed by atoms with Gasteiger partial charge in [0.1, 0.15) is 5.76 Å². The number of aliphatic hydroxyl groups excluding tert-OH is 1. The molecular formula is C26H46N2O5S. The van der Waals surface area contributed by atoms with Crippen LogP contribution >= 0.6 is 11.8 Å². The standard InChI is InChI=1S/C26H46N2O5S/c1-6-7-10-13-21(29)15-16-24-28(23(31)19-34-24)17-12-9-8-11-14-25(32)33-20(2)18-22(30)27-26(3,4)5/h18,21,24,29H,6-17,19H2,1-5H3,(H,27,30). The Morgan fingerprint density at radius 3 is 2.56 bits per heavy atom. The number of ether oxygens (including phenoxy) is 1. The minimum Gasteiger partial charge on any atom is -0.431 e. The van der Waals surface area contributed by atoms with Crippen molar-refractivity contribution in [3.05, 3.63) is 11.8 Å². The van der Waals surface area contributed by atoms with Crippen molar-refractivity contribution in [3.8, 4) is 0 Å². The average molecular weight is 499 g/mol. The van der Waals surface area contributed by atoms with Crippen LogP contribution in [0.2, 0.25) is 0 Å². The van der Waals surface area contributed by atoms with E-state index >= 15 is 0 Å². The van der Waals surface area contributed by atoms with Gasteiger partial charge in [0, 0.05) is 24.6 Å². The maximum Gasteiger partial charge on any atom is 0.310 e. The third-order valence-corrected chi connectivity index (χ3v) is 6.88. The van der Waals surface area contributed by atoms with Crippen LogP contribution in [0.4, 0.5) is 0 Å². The highest BCUT2D eigenvalue weighted by Crippen LogP contribution is 2.29. The smallest absolute Gasteiger partial charge is 0.310 e. The predicted octanol–water partition coefficient (Wildman–Crippen LogP) is 4.92. The molecule has 1 aliphatic rings. The van der Waals surface area contributed by atoms with E-state index in [1.165, 1.54) is 6.08 Å². The Balaban J connectivity index is 2.21. The summed E-state index contributed by atoms with van der Waals surface area (Å²) in [6.45, 7) is 10.2. The lowest BCUT2D eigenvalue weighted by Crippen LogP contribution is -2.39. The first-order valence-electron chi connectivity index (χ1n) is 12.8. The van der Waals surface area contributed by atoms with Crippen LogP contribution in [0.1, 0.15) is 105 Å². The van der Waals surface area contributed by atoms with Gasteiger partial charge in [-0.3, -0.25) is 14.4 Å². The largest absolute Gasteiger partial charge is 0.431 e. The first-order chi connectivity index (χ1) is 16.0. The van der Waals surface area contributed by atoms with Gasteiger partial charge >= 0.3 is 5.97 Å². The molecule has 7 nitrogen and oxygen atoms in total. The fourth-order valence-electron chi connectivity index (χ4n) is 3.87. The maximum atomic E-state index is 12.3. The molecule has 8 heteroatoms. The van der Waals surface area contributed by atoms with Crippen molar-refractivity contribution in [2.75, 3.05) is 12.3 Å². The molecule has 1 aliphatic heterocycles. The van der Waals surface area contributed by atoms with Crippen LogP contribution < -0.4 is 5.32 Å². The molecule has 1 rings (SSSR count). The third kappa shape index (κ3) is 14.0. The second-order valence-electron chi connectivity index (χ2n) is 10.2. The lowest BCUT2D eigenvalue weighted by molar-refractivity contribution is -0.139. The molecule has 1 saturated heterocycles. The fourth-order valence-corrected chi connectivity index (χ4v) is 5.08. The molecule has 0 bridgehead atoms. The van der Waals surface area contributed by atoms with Crippen molar-refractivity contribution in [2.45, 2.75) is 122 Å². The molecule has 2 amide bonds. The van der Waals surface area contributed by atoms with E-state index in [0.717, 1.165) is 70.8 Å². The van der Waals surface area contributed by atoms with Crippen molar-refractivity contribution >= 4 is 29.5 Å². The van der Waals surface area contributed by atoms with Crippen LogP contribution in [0.3, 0.4) is 0 Å². The van der Waals surface area contributed by atoms with Gasteiger partial charge in [0.25, 0.3) is 0 Å². The van der Waals surface area contributed by atoms with Gasteiger partial charge in [0.2, 0.25) is 11.8 Å². The molecule has 2 unspecified atom stereocenters. The number of rotatable bonds is 16. The quantitative estimate of drug-likeness (QED) is 0.136. The summed E-state index contributed by atoms with van der Waals surface area (Å²) in [6, 6.07) is 0. The minimum absolute atomic E-state index is 0.175. The molecule has 2 atom stereocenters. The van der Waals surface area contributed by atoms with Crippen LogP contribution in [0.25, 0.3) is 0 Å². The molecule has 0 aromatic carbocycles. The molecular weight excluding hydrogens is 452 g/mol. The van der Waals surface area contributed by atoms with Gasteiger partial charge in [0.05, 0.1) is 17.2 Å². The number of hydrogen-bond acceptors (Lipinski definition) is 6. The summed E-state index contributed by atoms with van der Waals surface area (Å²) in [4.78, 5) is 38.1. The van der Waals surface area contributed by atoms with Crippen molar-refractivity contribution in [2.24, 2.45) is 0 Å². The number of thioether (sulfide) groups is 1. The summed E-state index contributed by atoms with van der Waals surface area (Å²) in [5.41, 5.74) is -0.342. The zero-order chi connectivity index (χ0) is 25.6. The molecule has 1 fully saturated rings. The summed E-state index contributed by atoms with van der Waals surface area (Å²) in [7, 11) is 0. The molecule has 34 heavy (non-hydrogen) atoms. The molecule has 0 spiro atoms. The zero-order valence-corrected chi connectivity index (χ0v) is 22.7. The van der Waals surface area contributed by atoms with Gasteiger partial charge < -0.3 is 20.1 Å². The van der Waals surface area contributed by atoms with Gasteiger partial charge in [-0.25, -0.2) is 0 Å². The molecule has 0 aliphatic carbocycles. The Morgan fingerprint density at radius 2 is 1.88 bits per heavy atom. The molecule has 1 heterocycles. The van der Waals surface area contributed by atoms with Gasteiger partial charge in [-0.2, -0.15) is 0 Å². The average Bonchev–Trinajstić information content (AvgIpc) is 3.07. The number of hydrogen-bond donors (Lipinski definition) is 2. The molecule has 0 aromatic rings. The second kappa shape index (κ2) is 16.2. The van der Waals surface area contributed by atoms with E-state index in [0.29, 0.717) is 17.9 Å². The highest BCUT2D eigenvalue weighted by Gasteiger charge is 2.31. The second-order valence-corrected chi connectivity index (χ2v) is 11.4. The van der Waals surface area contributed by atoms with Crippen LogP contribution in [-0.2, 0) is 19.1 Å². The monoisotopic (exact) mass is 498 g/mol. The van der Waals surface area contributed by atoms with Crippen LogP contribution in [-0.4, -0.2) is 57.1 Å². The number of aliphatic hydroxyl groups is 1. The highest BCUT2D eigenvalue weighted by molar-refractivity contribution is 8.00. The molecule has 196 valence electrons. The Morgan fingerprint density at radius 1 is 1.18 bits per heavy atom. The fraction of sp³-hybridized carbons (Fsp3) is 0.808. The number of nitrogens with zero attached hydrogens (tertiary/aromatic N) is 1. The summed E-state index contributed by atoms with van der Waals surface area (Å²) < 4.78 is 5.21. The van der Waals surface area contributed by atoms with E-state index in [1.54, 1.807) is 18.7 Å². The lowest BCUT2D eigenvalue weighted by atomic mass is 10.1. The van der Waals surface area contributed by atoms with Crippen molar-refractivity contribution < 1.29 is 24.2 Å². The van der Waals surface area contributed by atoms with E-state index in [1.807, 2.05) is 25.7 Å². The zero-order valence-electron chi connectivity index (χ0n) is 21.9. The first-order valence-corrected chi connectivity index (χ1v) is 13.9. The Kier molecular flexibility index (Phi) is 14.5. The van der Waals surface area contributed by atoms with Gasteiger partial charge in [-0.05, 0) is 59.8 Å². The Labute approximate surface area is 210 Å². The predicted molar refractivity (Wildman–Crippen MR) is 138 cm³/mol. The normalized spacial score (nSPS) is 17.7. The lowest BCUT2D eigenvalue weighted by Gasteiger charge is -2.24. The van der Waals surface area contributed by atoms with Gasteiger partial charge in [-0.1, -0.05) is 39.0 Å². The summed E-state index contributed by atoms with van der Waals surface area (Å²) in [5, 5.41) is 13.1. The van der Waals surface area contributed by atoms with Crippen molar-refractivity contribution in [3.63, 3.8) is 0 Å². The summed E-state index contributed by atoms with van der Waals surface area (Å²) in [6.07, 6.45) is 10.6. The molecule has 0 aromatic heterocycles. The number of allylic oxidation sites excluding steroid dienone is 1. The van der Waals surface area contributed by atoms with Crippen molar-refractivity contribution in [1.82, 2.24) is 10.2 Å². The summed E-state index contributed by atoms with van der Waals surface area (Å²) in [5.74, 6) is 0.399. The van der Waals surface area contributed by atoms with E-state index in [2.05, 4.69) is 12.2 Å². The highest BCUT2D eigenvalue weighted by atomic mass is 32.2. The van der Waals surface area contributed by atoms with E-state index in [9.17, 15) is 19.5 Å². The number of nitrogens with one attached hydrogen (secondary N) is 1. The van der Waals surface area contributed by atoms with Crippen LogP contribution in [0, 0.1) is 0 Å². The van der Waals surface area contributed by atoms with Gasteiger partial charge in [-0.15, -0.1) is 11.8 Å². The third-order valence-electron chi connectivity index (χ3n) is 5.59. The van der Waals surface area contributed by atoms with Crippen LogP contribution in [0.5, 0.6) is 0 Å². The summed E-state index contributed by atoms with van der Waals surface area (Å²) >= 11 is 1.68. The molecule has 2 N–H and O–H groups in total. The van der Waals surface area contributed by atoms with E-state index in [-0.39, 0.29) is 34.8 Å². The minimum atomic E-state index is -0.342. The Hall–Kier alpha value is -1.54. The van der Waals surface area contributed by atoms with Crippen molar-refractivity contribution in [1.29, 1.82) is 0 Å². The number of esters is 1. The van der Waals surface area contributed by atoms with Crippen LogP contribution in [0.15, 0.2) is 11.8 Å². The van der Waals surface area contributed by atoms with E-state index in [4.69, 9.17) is 4.74 Å². The number of amides is 2. The van der Waals surface area contributed by atoms with E-state index < -0.39 is 0 Å². The maximum absolute atomic E-state index is 12.3. The number of unbranched alkanes of at least 4 members (excludes halogenated alkanes) is 5. The first kappa shape index (κ1) is 30.5. The number of carbonyl (C=O) groups is 3.